The maximum absolute atomic E-state index is 12.3. The van der Waals surface area contributed by atoms with Crippen LogP contribution in [0.4, 0.5) is 16.2 Å². The smallest absolute Gasteiger partial charge is 0.321 e. The molecule has 2 amide bonds. The van der Waals surface area contributed by atoms with Gasteiger partial charge in [-0.15, -0.1) is 0 Å². The maximum Gasteiger partial charge on any atom is 0.321 e. The SMILES string of the molecule is Cc1cc([N+](=O)[O-])ccc1NC(=O)N1C[C@H]2CCC[C@H]2C1. The first-order chi connectivity index (χ1) is 10.0. The molecule has 6 nitrogen and oxygen atoms in total. The van der Waals surface area contributed by atoms with E-state index < -0.39 is 4.92 Å². The van der Waals surface area contributed by atoms with Crippen molar-refractivity contribution in [3.05, 3.63) is 33.9 Å². The van der Waals surface area contributed by atoms with Crippen LogP contribution in [0.2, 0.25) is 0 Å². The van der Waals surface area contributed by atoms with Crippen LogP contribution in [0, 0.1) is 28.9 Å². The number of likely N-dealkylation sites (tertiary alicyclic amines) is 1. The van der Waals surface area contributed by atoms with Crippen LogP contribution in [0.3, 0.4) is 0 Å². The van der Waals surface area contributed by atoms with Crippen molar-refractivity contribution in [2.24, 2.45) is 11.8 Å². The van der Waals surface area contributed by atoms with Crippen LogP contribution in [0.25, 0.3) is 0 Å². The van der Waals surface area contributed by atoms with E-state index in [2.05, 4.69) is 5.32 Å². The summed E-state index contributed by atoms with van der Waals surface area (Å²) in [5.74, 6) is 1.32. The number of amides is 2. The van der Waals surface area contributed by atoms with Gasteiger partial charge >= 0.3 is 6.03 Å². The Hall–Kier alpha value is -2.11. The molecule has 0 spiro atoms. The summed E-state index contributed by atoms with van der Waals surface area (Å²) in [5.41, 5.74) is 1.39. The number of nitrogens with one attached hydrogen (secondary N) is 1. The zero-order valence-electron chi connectivity index (χ0n) is 12.0. The molecule has 1 aliphatic carbocycles. The van der Waals surface area contributed by atoms with E-state index in [4.69, 9.17) is 0 Å². The van der Waals surface area contributed by atoms with Gasteiger partial charge in [0.25, 0.3) is 5.69 Å². The summed E-state index contributed by atoms with van der Waals surface area (Å²) in [5, 5.41) is 13.6. The lowest BCUT2D eigenvalue weighted by molar-refractivity contribution is -0.384. The number of hydrogen-bond donors (Lipinski definition) is 1. The zero-order chi connectivity index (χ0) is 15.0. The number of aryl methyl sites for hydroxylation is 1. The van der Waals surface area contributed by atoms with Gasteiger partial charge in [-0.3, -0.25) is 10.1 Å². The first-order valence-electron chi connectivity index (χ1n) is 7.35. The van der Waals surface area contributed by atoms with Crippen molar-refractivity contribution < 1.29 is 9.72 Å². The van der Waals surface area contributed by atoms with E-state index in [0.29, 0.717) is 23.1 Å². The van der Waals surface area contributed by atoms with Gasteiger partial charge in [-0.1, -0.05) is 6.42 Å². The van der Waals surface area contributed by atoms with Crippen molar-refractivity contribution in [1.29, 1.82) is 0 Å². The monoisotopic (exact) mass is 289 g/mol. The molecule has 1 aromatic carbocycles. The van der Waals surface area contributed by atoms with E-state index in [1.165, 1.54) is 31.4 Å². The highest BCUT2D eigenvalue weighted by atomic mass is 16.6. The molecule has 2 aliphatic rings. The molecule has 1 saturated heterocycles. The molecule has 0 aromatic heterocycles. The average Bonchev–Trinajstić information content (AvgIpc) is 3.01. The van der Waals surface area contributed by atoms with Gasteiger partial charge in [0.05, 0.1) is 4.92 Å². The second kappa shape index (κ2) is 5.35. The summed E-state index contributed by atoms with van der Waals surface area (Å²) in [6, 6.07) is 4.40. The number of nitrogens with zero attached hydrogens (tertiary/aromatic N) is 2. The van der Waals surface area contributed by atoms with Gasteiger partial charge in [-0.05, 0) is 43.2 Å². The van der Waals surface area contributed by atoms with Gasteiger partial charge in [0.15, 0.2) is 0 Å². The highest BCUT2D eigenvalue weighted by Crippen LogP contribution is 2.37. The summed E-state index contributed by atoms with van der Waals surface area (Å²) in [6.45, 7) is 3.44. The first kappa shape index (κ1) is 13.9. The predicted octanol–water partition coefficient (Wildman–Crippen LogP) is 3.17. The van der Waals surface area contributed by atoms with Crippen molar-refractivity contribution in [2.75, 3.05) is 18.4 Å². The third-order valence-corrected chi connectivity index (χ3v) is 4.68. The van der Waals surface area contributed by atoms with Crippen molar-refractivity contribution in [2.45, 2.75) is 26.2 Å². The Morgan fingerprint density at radius 3 is 2.57 bits per heavy atom. The van der Waals surface area contributed by atoms with Crippen molar-refractivity contribution in [3.8, 4) is 0 Å². The molecule has 21 heavy (non-hydrogen) atoms. The third kappa shape index (κ3) is 2.70. The van der Waals surface area contributed by atoms with Gasteiger partial charge in [-0.2, -0.15) is 0 Å². The summed E-state index contributed by atoms with van der Waals surface area (Å²) >= 11 is 0. The normalized spacial score (nSPS) is 24.0. The molecule has 3 rings (SSSR count). The highest BCUT2D eigenvalue weighted by molar-refractivity contribution is 5.90. The molecule has 2 atom stereocenters. The van der Waals surface area contributed by atoms with E-state index in [0.717, 1.165) is 13.1 Å². The van der Waals surface area contributed by atoms with E-state index in [1.54, 1.807) is 13.0 Å². The molecular weight excluding hydrogens is 270 g/mol. The fraction of sp³-hybridized carbons (Fsp3) is 0.533. The summed E-state index contributed by atoms with van der Waals surface area (Å²) in [4.78, 5) is 24.5. The molecule has 1 aliphatic heterocycles. The Morgan fingerprint density at radius 1 is 1.33 bits per heavy atom. The van der Waals surface area contributed by atoms with Crippen LogP contribution in [-0.4, -0.2) is 28.9 Å². The van der Waals surface area contributed by atoms with Crippen LogP contribution in [0.1, 0.15) is 24.8 Å². The lowest BCUT2D eigenvalue weighted by Crippen LogP contribution is -2.33. The fourth-order valence-corrected chi connectivity index (χ4v) is 3.50. The number of nitro benzene ring substituents is 1. The standard InChI is InChI=1S/C15H19N3O3/c1-10-7-13(18(20)21)5-6-14(10)16-15(19)17-8-11-3-2-4-12(11)9-17/h5-7,11-12H,2-4,8-9H2,1H3,(H,16,19)/t11-,12+. The van der Waals surface area contributed by atoms with Crippen LogP contribution < -0.4 is 5.32 Å². The largest absolute Gasteiger partial charge is 0.324 e. The Balaban J connectivity index is 1.66. The number of anilines is 1. The second-order valence-corrected chi connectivity index (χ2v) is 6.04. The molecule has 1 saturated carbocycles. The molecule has 112 valence electrons. The number of fused-ring (bicyclic) bond motifs is 1. The quantitative estimate of drug-likeness (QED) is 0.671. The number of urea groups is 1. The molecule has 6 heteroatoms. The van der Waals surface area contributed by atoms with Gasteiger partial charge < -0.3 is 10.2 Å². The summed E-state index contributed by atoms with van der Waals surface area (Å²) in [7, 11) is 0. The fourth-order valence-electron chi connectivity index (χ4n) is 3.50. The molecule has 0 bridgehead atoms. The Labute approximate surface area is 123 Å². The minimum atomic E-state index is -0.430. The van der Waals surface area contributed by atoms with Crippen molar-refractivity contribution in [1.82, 2.24) is 4.90 Å². The molecule has 1 heterocycles. The average molecular weight is 289 g/mol. The zero-order valence-corrected chi connectivity index (χ0v) is 12.0. The van der Waals surface area contributed by atoms with Crippen LogP contribution in [-0.2, 0) is 0 Å². The lowest BCUT2D eigenvalue weighted by Gasteiger charge is -2.18. The van der Waals surface area contributed by atoms with E-state index in [-0.39, 0.29) is 11.7 Å². The van der Waals surface area contributed by atoms with Crippen molar-refractivity contribution >= 4 is 17.4 Å². The Bertz CT molecular complexity index is 576. The molecule has 1 N–H and O–H groups in total. The molecule has 0 radical (unpaired) electrons. The van der Waals surface area contributed by atoms with Gasteiger partial charge in [-0.25, -0.2) is 4.79 Å². The van der Waals surface area contributed by atoms with Crippen LogP contribution in [0.15, 0.2) is 18.2 Å². The number of nitro groups is 1. The van der Waals surface area contributed by atoms with Gasteiger partial charge in [0, 0.05) is 30.9 Å². The summed E-state index contributed by atoms with van der Waals surface area (Å²) in [6.07, 6.45) is 3.74. The third-order valence-electron chi connectivity index (χ3n) is 4.68. The minimum absolute atomic E-state index is 0.0428. The first-order valence-corrected chi connectivity index (χ1v) is 7.35. The van der Waals surface area contributed by atoms with E-state index in [9.17, 15) is 14.9 Å². The molecule has 0 unspecified atom stereocenters. The number of non-ortho nitro benzene ring substituents is 1. The predicted molar refractivity (Wildman–Crippen MR) is 79.3 cm³/mol. The number of hydrogen-bond acceptors (Lipinski definition) is 3. The highest BCUT2D eigenvalue weighted by Gasteiger charge is 2.38. The Morgan fingerprint density at radius 2 is 2.00 bits per heavy atom. The van der Waals surface area contributed by atoms with Crippen LogP contribution >= 0.6 is 0 Å². The van der Waals surface area contributed by atoms with E-state index in [1.807, 2.05) is 4.90 Å². The number of rotatable bonds is 2. The minimum Gasteiger partial charge on any atom is -0.324 e. The molecular formula is C15H19N3O3. The van der Waals surface area contributed by atoms with Gasteiger partial charge in [0.1, 0.15) is 0 Å². The van der Waals surface area contributed by atoms with Gasteiger partial charge in [0.2, 0.25) is 0 Å². The lowest BCUT2D eigenvalue weighted by atomic mass is 10.0. The molecule has 2 fully saturated rings. The van der Waals surface area contributed by atoms with Crippen molar-refractivity contribution in [3.63, 3.8) is 0 Å². The number of benzene rings is 1. The Kier molecular flexibility index (Phi) is 3.53. The maximum atomic E-state index is 12.3. The topological polar surface area (TPSA) is 75.5 Å². The van der Waals surface area contributed by atoms with Crippen LogP contribution in [0.5, 0.6) is 0 Å². The number of carbonyl (C=O) groups excluding carboxylic acids is 1. The number of carbonyl (C=O) groups is 1. The molecule has 1 aromatic rings. The summed E-state index contributed by atoms with van der Waals surface area (Å²) < 4.78 is 0. The van der Waals surface area contributed by atoms with E-state index >= 15 is 0 Å². The second-order valence-electron chi connectivity index (χ2n) is 6.04.